The molecule has 2 aliphatic heterocycles. The molecule has 6 nitrogen and oxygen atoms in total. The monoisotopic (exact) mass is 411 g/mol. The highest BCUT2D eigenvalue weighted by Crippen LogP contribution is 2.35. The van der Waals surface area contributed by atoms with Crippen LogP contribution in [0, 0.1) is 0 Å². The second-order valence-electron chi connectivity index (χ2n) is 7.51. The number of hydrogen-bond acceptors (Lipinski definition) is 4. The summed E-state index contributed by atoms with van der Waals surface area (Å²) in [5.74, 6) is -0.0562. The van der Waals surface area contributed by atoms with E-state index >= 15 is 0 Å². The fourth-order valence-electron chi connectivity index (χ4n) is 4.26. The van der Waals surface area contributed by atoms with E-state index in [2.05, 4.69) is 10.2 Å². The first-order valence-corrected chi connectivity index (χ1v) is 10.2. The number of halogens is 2. The Balaban J connectivity index is 1.36. The molecule has 27 heavy (non-hydrogen) atoms. The fourth-order valence-corrected chi connectivity index (χ4v) is 4.56. The van der Waals surface area contributed by atoms with Gasteiger partial charge in [0.2, 0.25) is 0 Å². The molecule has 3 aliphatic rings. The van der Waals surface area contributed by atoms with E-state index in [1.54, 1.807) is 6.07 Å². The zero-order valence-corrected chi connectivity index (χ0v) is 16.6. The minimum atomic E-state index is -0.634. The number of nitrogens with one attached hydrogen (secondary N) is 1. The second-order valence-corrected chi connectivity index (χ2v) is 8.32. The predicted octanol–water partition coefficient (Wildman–Crippen LogP) is 3.23. The molecule has 4 rings (SSSR count). The summed E-state index contributed by atoms with van der Waals surface area (Å²) in [4.78, 5) is 28.6. The van der Waals surface area contributed by atoms with Gasteiger partial charge in [-0.25, -0.2) is 4.79 Å². The summed E-state index contributed by atoms with van der Waals surface area (Å²) in [6.45, 7) is 3.09. The Morgan fingerprint density at radius 3 is 2.67 bits per heavy atom. The number of imide groups is 1. The van der Waals surface area contributed by atoms with E-state index in [-0.39, 0.29) is 18.0 Å². The van der Waals surface area contributed by atoms with Crippen molar-refractivity contribution in [3.63, 3.8) is 0 Å². The molecular formula is C19H23Cl2N3O3. The van der Waals surface area contributed by atoms with Crippen molar-refractivity contribution >= 4 is 35.1 Å². The Kier molecular flexibility index (Phi) is 5.34. The van der Waals surface area contributed by atoms with Crippen LogP contribution in [0.1, 0.15) is 37.4 Å². The van der Waals surface area contributed by atoms with Crippen LogP contribution in [-0.4, -0.2) is 60.1 Å². The van der Waals surface area contributed by atoms with E-state index in [0.29, 0.717) is 36.3 Å². The van der Waals surface area contributed by atoms with E-state index in [0.717, 1.165) is 37.8 Å². The lowest BCUT2D eigenvalue weighted by Gasteiger charge is -2.34. The molecule has 3 fully saturated rings. The molecule has 0 bridgehead atoms. The van der Waals surface area contributed by atoms with Crippen molar-refractivity contribution in [3.8, 4) is 0 Å². The first-order valence-electron chi connectivity index (χ1n) is 9.41. The molecule has 0 aromatic heterocycles. The molecule has 2 saturated heterocycles. The number of benzene rings is 1. The zero-order chi connectivity index (χ0) is 19.0. The maximum Gasteiger partial charge on any atom is 0.325 e. The predicted molar refractivity (Wildman–Crippen MR) is 103 cm³/mol. The van der Waals surface area contributed by atoms with Crippen LogP contribution in [0.4, 0.5) is 4.79 Å². The first kappa shape index (κ1) is 19.0. The summed E-state index contributed by atoms with van der Waals surface area (Å²) in [6, 6.07) is 5.27. The Labute approximate surface area is 168 Å². The highest BCUT2D eigenvalue weighted by atomic mass is 35.5. The third kappa shape index (κ3) is 3.68. The van der Waals surface area contributed by atoms with Crippen molar-refractivity contribution in [2.75, 3.05) is 32.8 Å². The lowest BCUT2D eigenvalue weighted by Crippen LogP contribution is -2.46. The number of amides is 3. The van der Waals surface area contributed by atoms with Crippen LogP contribution >= 0.6 is 23.2 Å². The van der Waals surface area contributed by atoms with E-state index in [9.17, 15) is 9.59 Å². The number of rotatable bonds is 4. The molecule has 0 radical (unpaired) electrons. The van der Waals surface area contributed by atoms with Gasteiger partial charge < -0.3 is 10.1 Å². The highest BCUT2D eigenvalue weighted by Gasteiger charge is 2.52. The first-order chi connectivity index (χ1) is 13.0. The van der Waals surface area contributed by atoms with Crippen molar-refractivity contribution in [2.45, 2.75) is 37.3 Å². The molecule has 1 saturated carbocycles. The smallest absolute Gasteiger partial charge is 0.325 e. The number of nitrogens with zero attached hydrogens (tertiary/aromatic N) is 2. The van der Waals surface area contributed by atoms with Crippen molar-refractivity contribution in [1.29, 1.82) is 0 Å². The third-order valence-electron chi connectivity index (χ3n) is 5.81. The van der Waals surface area contributed by atoms with Gasteiger partial charge in [0.15, 0.2) is 0 Å². The van der Waals surface area contributed by atoms with Crippen LogP contribution in [0.2, 0.25) is 10.0 Å². The van der Waals surface area contributed by atoms with Crippen LogP contribution < -0.4 is 5.32 Å². The summed E-state index contributed by atoms with van der Waals surface area (Å²) >= 11 is 12.1. The molecule has 3 amide bonds. The largest absolute Gasteiger partial charge is 0.371 e. The van der Waals surface area contributed by atoms with Gasteiger partial charge in [-0.3, -0.25) is 14.6 Å². The number of urea groups is 1. The molecule has 8 heteroatoms. The summed E-state index contributed by atoms with van der Waals surface area (Å²) in [6.07, 6.45) is 3.40. The molecular weight excluding hydrogens is 389 g/mol. The number of ether oxygens (including phenoxy) is 1. The van der Waals surface area contributed by atoms with Crippen LogP contribution in [0.3, 0.4) is 0 Å². The molecule has 1 aliphatic carbocycles. The summed E-state index contributed by atoms with van der Waals surface area (Å²) in [5, 5.41) is 3.96. The minimum absolute atomic E-state index is 0.0562. The van der Waals surface area contributed by atoms with Crippen LogP contribution in [0.15, 0.2) is 18.2 Å². The van der Waals surface area contributed by atoms with E-state index in [1.807, 2.05) is 12.1 Å². The molecule has 146 valence electrons. The number of hydrogen-bond donors (Lipinski definition) is 1. The van der Waals surface area contributed by atoms with E-state index in [1.165, 1.54) is 4.90 Å². The van der Waals surface area contributed by atoms with Gasteiger partial charge in [0, 0.05) is 26.2 Å². The Bertz CT molecular complexity index is 752. The molecule has 1 aromatic carbocycles. The van der Waals surface area contributed by atoms with E-state index < -0.39 is 5.54 Å². The fraction of sp³-hybridized carbons (Fsp3) is 0.579. The Hall–Kier alpha value is -1.34. The number of carbonyl (C=O) groups excluding carboxylic acids is 2. The van der Waals surface area contributed by atoms with Crippen molar-refractivity contribution < 1.29 is 14.3 Å². The van der Waals surface area contributed by atoms with Crippen molar-refractivity contribution in [1.82, 2.24) is 15.1 Å². The van der Waals surface area contributed by atoms with Gasteiger partial charge in [-0.1, -0.05) is 42.1 Å². The molecule has 1 spiro atoms. The second kappa shape index (κ2) is 7.59. The Morgan fingerprint density at radius 2 is 1.93 bits per heavy atom. The highest BCUT2D eigenvalue weighted by molar-refractivity contribution is 6.42. The van der Waals surface area contributed by atoms with Gasteiger partial charge in [-0.15, -0.1) is 0 Å². The molecule has 1 unspecified atom stereocenters. The van der Waals surface area contributed by atoms with Crippen LogP contribution in [-0.2, 0) is 9.53 Å². The number of carbonyl (C=O) groups is 2. The lowest BCUT2D eigenvalue weighted by atomic mass is 9.98. The maximum absolute atomic E-state index is 12.7. The lowest BCUT2D eigenvalue weighted by molar-refractivity contribution is -0.131. The van der Waals surface area contributed by atoms with Gasteiger partial charge in [0.25, 0.3) is 5.91 Å². The summed E-state index contributed by atoms with van der Waals surface area (Å²) < 4.78 is 5.88. The summed E-state index contributed by atoms with van der Waals surface area (Å²) in [5.41, 5.74) is 0.346. The van der Waals surface area contributed by atoms with Crippen LogP contribution in [0.5, 0.6) is 0 Å². The molecule has 1 aromatic rings. The van der Waals surface area contributed by atoms with E-state index in [4.69, 9.17) is 27.9 Å². The average molecular weight is 412 g/mol. The SMILES string of the molecule is O=C1NC2(CCCC2)C(=O)N1CCN1CCOC(c2ccc(Cl)c(Cl)c2)C1. The van der Waals surface area contributed by atoms with Crippen LogP contribution in [0.25, 0.3) is 0 Å². The van der Waals surface area contributed by atoms with Crippen molar-refractivity contribution in [3.05, 3.63) is 33.8 Å². The van der Waals surface area contributed by atoms with Gasteiger partial charge in [0.05, 0.1) is 22.8 Å². The molecule has 1 N–H and O–H groups in total. The van der Waals surface area contributed by atoms with Gasteiger partial charge in [0.1, 0.15) is 5.54 Å². The van der Waals surface area contributed by atoms with Gasteiger partial charge in [-0.2, -0.15) is 0 Å². The normalized spacial score (nSPS) is 25.4. The summed E-state index contributed by atoms with van der Waals surface area (Å²) in [7, 11) is 0. The maximum atomic E-state index is 12.7. The van der Waals surface area contributed by atoms with Gasteiger partial charge >= 0.3 is 6.03 Å². The quantitative estimate of drug-likeness (QED) is 0.772. The molecule has 1 atom stereocenters. The topological polar surface area (TPSA) is 61.9 Å². The average Bonchev–Trinajstić information content (AvgIpc) is 3.22. The van der Waals surface area contributed by atoms with Crippen molar-refractivity contribution in [2.24, 2.45) is 0 Å². The third-order valence-corrected chi connectivity index (χ3v) is 6.55. The zero-order valence-electron chi connectivity index (χ0n) is 15.0. The standard InChI is InChI=1S/C19H23Cl2N3O3/c20-14-4-3-13(11-15(14)21)16-12-23(9-10-27-16)7-8-24-17(25)19(22-18(24)26)5-1-2-6-19/h3-4,11,16H,1-2,5-10,12H2,(H,22,26). The molecule has 2 heterocycles. The minimum Gasteiger partial charge on any atom is -0.371 e. The Morgan fingerprint density at radius 1 is 1.15 bits per heavy atom. The van der Waals surface area contributed by atoms with Gasteiger partial charge in [-0.05, 0) is 30.5 Å². The number of morpholine rings is 1.